The highest BCUT2D eigenvalue weighted by Crippen LogP contribution is 2.52. The summed E-state index contributed by atoms with van der Waals surface area (Å²) in [5, 5.41) is 0. The van der Waals surface area contributed by atoms with Gasteiger partial charge in [0.25, 0.3) is 0 Å². The van der Waals surface area contributed by atoms with E-state index in [9.17, 15) is 18.9 Å². The number of hydrogen-bond donors (Lipinski definition) is 2. The van der Waals surface area contributed by atoms with Gasteiger partial charge in [-0.1, -0.05) is 0 Å². The molecule has 1 fully saturated rings. The smallest absolute Gasteiger partial charge is 0.378 e. The molecule has 0 aliphatic heterocycles. The Balaban J connectivity index is 2.84. The first kappa shape index (κ1) is 18.3. The van der Waals surface area contributed by atoms with Gasteiger partial charge in [0.05, 0.1) is 12.7 Å². The Morgan fingerprint density at radius 3 is 2.30 bits per heavy atom. The molecule has 10 heteroatoms. The van der Waals surface area contributed by atoms with E-state index in [4.69, 9.17) is 13.8 Å². The Morgan fingerprint density at radius 2 is 1.85 bits per heavy atom. The number of hydrogen-bond acceptors (Lipinski definition) is 6. The molecule has 5 atom stereocenters. The van der Waals surface area contributed by atoms with Crippen molar-refractivity contribution in [1.29, 1.82) is 0 Å². The van der Waals surface area contributed by atoms with Gasteiger partial charge in [-0.15, -0.1) is 0 Å². The number of methoxy groups -OCH3 is 1. The number of phosphoric acid groups is 1. The van der Waals surface area contributed by atoms with Crippen LogP contribution in [0.15, 0.2) is 0 Å². The summed E-state index contributed by atoms with van der Waals surface area (Å²) in [6.07, 6.45) is 0.791. The standard InChI is InChI=1S/C10H22O8P2/c1-10(18-19(4,11)12)8(5-6-9(10)15-2)7-17-20(13,14)16-3/h8-9H,5-7H2,1-4H3,(H,11,12)(H,13,14)/t8-,9?,10+/m1/s1. The molecule has 0 aromatic heterocycles. The third-order valence-electron chi connectivity index (χ3n) is 3.55. The number of rotatable bonds is 7. The maximum absolute atomic E-state index is 11.5. The molecule has 1 aliphatic carbocycles. The van der Waals surface area contributed by atoms with Crippen molar-refractivity contribution in [2.24, 2.45) is 5.92 Å². The molecule has 1 aliphatic rings. The van der Waals surface area contributed by atoms with Crippen molar-refractivity contribution in [2.75, 3.05) is 27.5 Å². The molecule has 0 spiro atoms. The van der Waals surface area contributed by atoms with Crippen LogP contribution in [0.3, 0.4) is 0 Å². The second kappa shape index (κ2) is 6.55. The van der Waals surface area contributed by atoms with E-state index in [0.717, 1.165) is 13.8 Å². The Labute approximate surface area is 118 Å². The summed E-state index contributed by atoms with van der Waals surface area (Å²) in [5.41, 5.74) is -1.07. The number of phosphoric ester groups is 1. The molecular formula is C10H22O8P2. The molecule has 0 aromatic carbocycles. The molecular weight excluding hydrogens is 310 g/mol. The van der Waals surface area contributed by atoms with E-state index in [2.05, 4.69) is 4.52 Å². The van der Waals surface area contributed by atoms with Crippen LogP contribution in [0.1, 0.15) is 19.8 Å². The monoisotopic (exact) mass is 332 g/mol. The lowest BCUT2D eigenvalue weighted by molar-refractivity contribution is -0.0777. The van der Waals surface area contributed by atoms with Gasteiger partial charge in [0.1, 0.15) is 5.60 Å². The molecule has 3 unspecified atom stereocenters. The predicted molar refractivity (Wildman–Crippen MR) is 71.5 cm³/mol. The third-order valence-corrected chi connectivity index (χ3v) is 5.22. The molecule has 2 N–H and O–H groups in total. The molecule has 0 radical (unpaired) electrons. The van der Waals surface area contributed by atoms with Crippen LogP contribution in [0.25, 0.3) is 0 Å². The average molecular weight is 332 g/mol. The molecule has 0 bridgehead atoms. The minimum absolute atomic E-state index is 0.127. The Morgan fingerprint density at radius 1 is 1.25 bits per heavy atom. The molecule has 1 rings (SSSR count). The van der Waals surface area contributed by atoms with E-state index >= 15 is 0 Å². The molecule has 0 amide bonds. The minimum atomic E-state index is -4.09. The topological polar surface area (TPSA) is 112 Å². The highest BCUT2D eigenvalue weighted by molar-refractivity contribution is 7.51. The van der Waals surface area contributed by atoms with E-state index in [1.807, 2.05) is 0 Å². The van der Waals surface area contributed by atoms with E-state index in [1.54, 1.807) is 6.92 Å². The molecule has 120 valence electrons. The van der Waals surface area contributed by atoms with Gasteiger partial charge in [-0.05, 0) is 19.8 Å². The molecule has 8 nitrogen and oxygen atoms in total. The highest BCUT2D eigenvalue weighted by Gasteiger charge is 2.51. The second-order valence-electron chi connectivity index (χ2n) is 5.02. The van der Waals surface area contributed by atoms with Gasteiger partial charge < -0.3 is 14.5 Å². The minimum Gasteiger partial charge on any atom is -0.378 e. The quantitative estimate of drug-likeness (QED) is 0.678. The third kappa shape index (κ3) is 4.61. The molecule has 0 aromatic rings. The van der Waals surface area contributed by atoms with Crippen LogP contribution in [0.2, 0.25) is 0 Å². The lowest BCUT2D eigenvalue weighted by atomic mass is 9.92. The van der Waals surface area contributed by atoms with Gasteiger partial charge in [-0.25, -0.2) is 4.57 Å². The summed E-state index contributed by atoms with van der Waals surface area (Å²) in [5.74, 6) is -0.358. The summed E-state index contributed by atoms with van der Waals surface area (Å²) in [4.78, 5) is 18.7. The van der Waals surface area contributed by atoms with E-state index in [1.165, 1.54) is 7.11 Å². The summed E-state index contributed by atoms with van der Waals surface area (Å²) < 4.78 is 42.6. The fourth-order valence-electron chi connectivity index (χ4n) is 2.52. The van der Waals surface area contributed by atoms with Crippen LogP contribution in [-0.2, 0) is 27.4 Å². The zero-order chi connectivity index (χ0) is 15.6. The number of ether oxygens (including phenoxy) is 1. The lowest BCUT2D eigenvalue weighted by Gasteiger charge is -2.36. The summed E-state index contributed by atoms with van der Waals surface area (Å²) in [7, 11) is -5.28. The van der Waals surface area contributed by atoms with Gasteiger partial charge >= 0.3 is 15.4 Å². The largest absolute Gasteiger partial charge is 0.471 e. The van der Waals surface area contributed by atoms with Crippen molar-refractivity contribution in [3.63, 3.8) is 0 Å². The summed E-state index contributed by atoms with van der Waals surface area (Å²) in [6.45, 7) is 2.61. The van der Waals surface area contributed by atoms with Crippen molar-refractivity contribution in [3.05, 3.63) is 0 Å². The van der Waals surface area contributed by atoms with Gasteiger partial charge in [0.15, 0.2) is 0 Å². The van der Waals surface area contributed by atoms with Crippen LogP contribution in [-0.4, -0.2) is 49.0 Å². The van der Waals surface area contributed by atoms with Crippen LogP contribution in [0, 0.1) is 5.92 Å². The average Bonchev–Trinajstić information content (AvgIpc) is 2.60. The van der Waals surface area contributed by atoms with Crippen LogP contribution in [0.5, 0.6) is 0 Å². The zero-order valence-electron chi connectivity index (χ0n) is 12.0. The summed E-state index contributed by atoms with van der Waals surface area (Å²) in [6, 6.07) is 0. The van der Waals surface area contributed by atoms with Gasteiger partial charge in [-0.2, -0.15) is 0 Å². The molecule has 0 heterocycles. The maximum atomic E-state index is 11.5. The molecule has 1 saturated carbocycles. The SMILES string of the molecule is COC1CC[C@H](COP(=O)(O)OC)[C@]1(C)OP(C)(=O)O. The fourth-order valence-corrected chi connectivity index (χ4v) is 3.99. The van der Waals surface area contributed by atoms with Gasteiger partial charge in [-0.3, -0.25) is 18.1 Å². The van der Waals surface area contributed by atoms with E-state index in [-0.39, 0.29) is 12.5 Å². The first-order valence-corrected chi connectivity index (χ1v) is 9.63. The highest BCUT2D eigenvalue weighted by atomic mass is 31.2. The molecule has 0 saturated heterocycles. The summed E-state index contributed by atoms with van der Waals surface area (Å²) >= 11 is 0. The Hall–Kier alpha value is 0.220. The van der Waals surface area contributed by atoms with E-state index < -0.39 is 27.1 Å². The van der Waals surface area contributed by atoms with Crippen LogP contribution < -0.4 is 0 Å². The van der Waals surface area contributed by atoms with Crippen LogP contribution >= 0.6 is 15.4 Å². The zero-order valence-corrected chi connectivity index (χ0v) is 13.8. The van der Waals surface area contributed by atoms with Crippen LogP contribution in [0.4, 0.5) is 0 Å². The van der Waals surface area contributed by atoms with Gasteiger partial charge in [0.2, 0.25) is 0 Å². The molecule has 20 heavy (non-hydrogen) atoms. The van der Waals surface area contributed by atoms with Gasteiger partial charge in [0, 0.05) is 26.8 Å². The van der Waals surface area contributed by atoms with Crippen molar-refractivity contribution in [2.45, 2.75) is 31.5 Å². The fraction of sp³-hybridized carbons (Fsp3) is 1.00. The second-order valence-corrected chi connectivity index (χ2v) is 8.37. The first-order chi connectivity index (χ1) is 9.04. The Kier molecular flexibility index (Phi) is 5.98. The predicted octanol–water partition coefficient (Wildman–Crippen LogP) is 1.77. The van der Waals surface area contributed by atoms with Crippen molar-refractivity contribution >= 4 is 15.4 Å². The van der Waals surface area contributed by atoms with Crippen molar-refractivity contribution in [3.8, 4) is 0 Å². The van der Waals surface area contributed by atoms with Crippen molar-refractivity contribution < 1.29 is 37.2 Å². The van der Waals surface area contributed by atoms with E-state index in [0.29, 0.717) is 12.8 Å². The van der Waals surface area contributed by atoms with Crippen molar-refractivity contribution in [1.82, 2.24) is 0 Å². The normalized spacial score (nSPS) is 36.5. The first-order valence-electron chi connectivity index (χ1n) is 6.11. The Bertz CT molecular complexity index is 421. The lowest BCUT2D eigenvalue weighted by Crippen LogP contribution is -2.44. The maximum Gasteiger partial charge on any atom is 0.471 e.